The molecule has 3 aromatic rings. The highest BCUT2D eigenvalue weighted by Crippen LogP contribution is 2.32. The zero-order valence-corrected chi connectivity index (χ0v) is 15.7. The van der Waals surface area contributed by atoms with Crippen LogP contribution in [0.5, 0.6) is 5.75 Å². The second-order valence-electron chi connectivity index (χ2n) is 7.01. The molecule has 0 radical (unpaired) electrons. The van der Waals surface area contributed by atoms with Crippen LogP contribution in [-0.2, 0) is 6.54 Å². The standard InChI is InChI=1S/C23H25N3O/c1-27-21-9-6-7-18(15-21)22-12-11-19(16-25-22)23-10-3-5-14-26(23)17-20-8-2-4-13-24-20/h2,4,6-9,11-13,15-16,23H,3,5,10,14,17H2,1H3/t23-/m0/s1. The van der Waals surface area contributed by atoms with Crippen molar-refractivity contribution in [3.05, 3.63) is 78.2 Å². The van der Waals surface area contributed by atoms with E-state index in [9.17, 15) is 0 Å². The first-order valence-electron chi connectivity index (χ1n) is 9.58. The fourth-order valence-electron chi connectivity index (χ4n) is 3.81. The van der Waals surface area contributed by atoms with Crippen molar-refractivity contribution in [2.45, 2.75) is 31.8 Å². The molecule has 1 aliphatic heterocycles. The molecule has 1 fully saturated rings. The van der Waals surface area contributed by atoms with Gasteiger partial charge in [-0.15, -0.1) is 0 Å². The Hall–Kier alpha value is -2.72. The highest BCUT2D eigenvalue weighted by Gasteiger charge is 2.24. The minimum atomic E-state index is 0.410. The molecule has 0 amide bonds. The third-order valence-electron chi connectivity index (χ3n) is 5.24. The number of methoxy groups -OCH3 is 1. The molecule has 0 N–H and O–H groups in total. The molecule has 1 atom stereocenters. The second kappa shape index (κ2) is 8.31. The molecule has 2 aromatic heterocycles. The van der Waals surface area contributed by atoms with E-state index in [4.69, 9.17) is 9.72 Å². The van der Waals surface area contributed by atoms with Gasteiger partial charge in [0.15, 0.2) is 0 Å². The molecule has 1 aromatic carbocycles. The van der Waals surface area contributed by atoms with E-state index < -0.39 is 0 Å². The molecular weight excluding hydrogens is 334 g/mol. The number of hydrogen-bond donors (Lipinski definition) is 0. The van der Waals surface area contributed by atoms with Gasteiger partial charge in [-0.3, -0.25) is 14.9 Å². The van der Waals surface area contributed by atoms with Gasteiger partial charge in [0.25, 0.3) is 0 Å². The van der Waals surface area contributed by atoms with Gasteiger partial charge in [0.05, 0.1) is 18.5 Å². The van der Waals surface area contributed by atoms with Gasteiger partial charge < -0.3 is 4.74 Å². The lowest BCUT2D eigenvalue weighted by Gasteiger charge is -2.35. The number of aromatic nitrogens is 2. The smallest absolute Gasteiger partial charge is 0.119 e. The summed E-state index contributed by atoms with van der Waals surface area (Å²) < 4.78 is 5.33. The monoisotopic (exact) mass is 359 g/mol. The van der Waals surface area contributed by atoms with Crippen LogP contribution in [-0.4, -0.2) is 28.5 Å². The number of ether oxygens (including phenoxy) is 1. The average molecular weight is 359 g/mol. The maximum atomic E-state index is 5.33. The molecule has 4 nitrogen and oxygen atoms in total. The van der Waals surface area contributed by atoms with Crippen LogP contribution in [0.2, 0.25) is 0 Å². The number of nitrogens with zero attached hydrogens (tertiary/aromatic N) is 3. The maximum absolute atomic E-state index is 5.33. The Balaban J connectivity index is 1.54. The van der Waals surface area contributed by atoms with Gasteiger partial charge in [0.1, 0.15) is 5.75 Å². The Morgan fingerprint density at radius 3 is 2.78 bits per heavy atom. The Morgan fingerprint density at radius 2 is 2.00 bits per heavy atom. The number of rotatable bonds is 5. The predicted molar refractivity (Wildman–Crippen MR) is 107 cm³/mol. The number of piperidine rings is 1. The van der Waals surface area contributed by atoms with Crippen LogP contribution < -0.4 is 4.74 Å². The summed E-state index contributed by atoms with van der Waals surface area (Å²) in [6.07, 6.45) is 7.60. The number of likely N-dealkylation sites (tertiary alicyclic amines) is 1. The lowest BCUT2D eigenvalue weighted by Crippen LogP contribution is -2.33. The molecule has 27 heavy (non-hydrogen) atoms. The van der Waals surface area contributed by atoms with E-state index in [1.807, 2.05) is 36.7 Å². The van der Waals surface area contributed by atoms with Crippen molar-refractivity contribution in [2.75, 3.05) is 13.7 Å². The first-order valence-corrected chi connectivity index (χ1v) is 9.58. The van der Waals surface area contributed by atoms with Gasteiger partial charge in [-0.1, -0.05) is 30.7 Å². The van der Waals surface area contributed by atoms with Crippen LogP contribution in [0.3, 0.4) is 0 Å². The first-order chi connectivity index (χ1) is 13.3. The van der Waals surface area contributed by atoms with Crippen molar-refractivity contribution in [1.29, 1.82) is 0 Å². The highest BCUT2D eigenvalue weighted by molar-refractivity contribution is 5.61. The number of benzene rings is 1. The molecule has 4 rings (SSSR count). The minimum Gasteiger partial charge on any atom is -0.497 e. The quantitative estimate of drug-likeness (QED) is 0.651. The molecule has 0 saturated carbocycles. The van der Waals surface area contributed by atoms with Crippen molar-refractivity contribution < 1.29 is 4.74 Å². The van der Waals surface area contributed by atoms with E-state index in [1.54, 1.807) is 7.11 Å². The summed E-state index contributed by atoms with van der Waals surface area (Å²) in [7, 11) is 1.69. The van der Waals surface area contributed by atoms with Gasteiger partial charge in [-0.2, -0.15) is 0 Å². The summed E-state index contributed by atoms with van der Waals surface area (Å²) >= 11 is 0. The van der Waals surface area contributed by atoms with Gasteiger partial charge >= 0.3 is 0 Å². The lowest BCUT2D eigenvalue weighted by molar-refractivity contribution is 0.138. The maximum Gasteiger partial charge on any atom is 0.119 e. The number of hydrogen-bond acceptors (Lipinski definition) is 4. The fourth-order valence-corrected chi connectivity index (χ4v) is 3.81. The largest absolute Gasteiger partial charge is 0.497 e. The Bertz CT molecular complexity index is 864. The van der Waals surface area contributed by atoms with Crippen LogP contribution in [0.25, 0.3) is 11.3 Å². The van der Waals surface area contributed by atoms with Crippen LogP contribution in [0.15, 0.2) is 67.0 Å². The molecule has 0 unspecified atom stereocenters. The fraction of sp³-hybridized carbons (Fsp3) is 0.304. The lowest BCUT2D eigenvalue weighted by atomic mass is 9.95. The molecule has 0 aliphatic carbocycles. The Morgan fingerprint density at radius 1 is 1.04 bits per heavy atom. The molecule has 1 aliphatic rings. The van der Waals surface area contributed by atoms with E-state index in [1.165, 1.54) is 24.8 Å². The van der Waals surface area contributed by atoms with Crippen molar-refractivity contribution in [1.82, 2.24) is 14.9 Å². The Labute approximate surface area is 160 Å². The summed E-state index contributed by atoms with van der Waals surface area (Å²) in [6.45, 7) is 2.00. The predicted octanol–water partition coefficient (Wildman–Crippen LogP) is 4.88. The first kappa shape index (κ1) is 17.7. The summed E-state index contributed by atoms with van der Waals surface area (Å²) in [5.74, 6) is 0.854. The van der Waals surface area contributed by atoms with Crippen molar-refractivity contribution in [3.8, 4) is 17.0 Å². The molecule has 1 saturated heterocycles. The molecule has 138 valence electrons. The minimum absolute atomic E-state index is 0.410. The van der Waals surface area contributed by atoms with Gasteiger partial charge in [0.2, 0.25) is 0 Å². The van der Waals surface area contributed by atoms with Crippen LogP contribution in [0.4, 0.5) is 0 Å². The molecule has 3 heterocycles. The topological polar surface area (TPSA) is 38.2 Å². The third kappa shape index (κ3) is 4.17. The van der Waals surface area contributed by atoms with Gasteiger partial charge in [-0.25, -0.2) is 0 Å². The van der Waals surface area contributed by atoms with Gasteiger partial charge in [-0.05, 0) is 55.3 Å². The highest BCUT2D eigenvalue weighted by atomic mass is 16.5. The summed E-state index contributed by atoms with van der Waals surface area (Å²) in [4.78, 5) is 11.8. The van der Waals surface area contributed by atoms with Gasteiger partial charge in [0, 0.05) is 30.5 Å². The van der Waals surface area contributed by atoms with E-state index in [0.717, 1.165) is 35.8 Å². The third-order valence-corrected chi connectivity index (χ3v) is 5.24. The van der Waals surface area contributed by atoms with Crippen LogP contribution in [0.1, 0.15) is 36.6 Å². The van der Waals surface area contributed by atoms with E-state index in [0.29, 0.717) is 6.04 Å². The van der Waals surface area contributed by atoms with E-state index >= 15 is 0 Å². The SMILES string of the molecule is COc1cccc(-c2ccc([C@@H]3CCCCN3Cc3ccccn3)cn2)c1. The zero-order valence-electron chi connectivity index (χ0n) is 15.7. The van der Waals surface area contributed by atoms with Crippen LogP contribution in [0, 0.1) is 0 Å². The Kier molecular flexibility index (Phi) is 5.45. The van der Waals surface area contributed by atoms with Crippen molar-refractivity contribution >= 4 is 0 Å². The normalized spacial score (nSPS) is 17.6. The second-order valence-corrected chi connectivity index (χ2v) is 7.01. The summed E-state index contributed by atoms with van der Waals surface area (Å²) in [5, 5.41) is 0. The summed E-state index contributed by atoms with van der Waals surface area (Å²) in [5.41, 5.74) is 4.47. The average Bonchev–Trinajstić information content (AvgIpc) is 2.75. The van der Waals surface area contributed by atoms with Crippen molar-refractivity contribution in [3.63, 3.8) is 0 Å². The van der Waals surface area contributed by atoms with E-state index in [2.05, 4.69) is 40.2 Å². The molecule has 4 heteroatoms. The molecule has 0 spiro atoms. The number of pyridine rings is 2. The zero-order chi connectivity index (χ0) is 18.5. The van der Waals surface area contributed by atoms with E-state index in [-0.39, 0.29) is 0 Å². The van der Waals surface area contributed by atoms with Crippen LogP contribution >= 0.6 is 0 Å². The van der Waals surface area contributed by atoms with Crippen molar-refractivity contribution in [2.24, 2.45) is 0 Å². The molecular formula is C23H25N3O. The molecule has 0 bridgehead atoms. The summed E-state index contributed by atoms with van der Waals surface area (Å²) in [6, 6.07) is 18.9.